The Balaban J connectivity index is 1.60. The second-order valence-corrected chi connectivity index (χ2v) is 6.77. The van der Waals surface area contributed by atoms with Crippen molar-refractivity contribution in [2.24, 2.45) is 0 Å². The van der Waals surface area contributed by atoms with Crippen LogP contribution < -0.4 is 4.74 Å². The number of rotatable bonds is 6. The predicted octanol–water partition coefficient (Wildman–Crippen LogP) is 4.32. The van der Waals surface area contributed by atoms with Crippen LogP contribution in [0.4, 0.5) is 5.69 Å². The van der Waals surface area contributed by atoms with Crippen LogP contribution in [0.15, 0.2) is 54.7 Å². The predicted molar refractivity (Wildman–Crippen MR) is 107 cm³/mol. The number of phenols is 1. The number of non-ortho nitro benzene ring substituents is 1. The Kier molecular flexibility index (Phi) is 5.87. The van der Waals surface area contributed by atoms with Gasteiger partial charge in [-0.05, 0) is 67.1 Å². The summed E-state index contributed by atoms with van der Waals surface area (Å²) in [5.74, 6) is -0.0916. The molecule has 148 valence electrons. The molecule has 3 rings (SSSR count). The summed E-state index contributed by atoms with van der Waals surface area (Å²) in [4.78, 5) is 26.5. The van der Waals surface area contributed by atoms with E-state index >= 15 is 0 Å². The summed E-state index contributed by atoms with van der Waals surface area (Å²) in [6, 6.07) is 12.6. The molecule has 0 radical (unpaired) electrons. The summed E-state index contributed by atoms with van der Waals surface area (Å²) in [5, 5.41) is 20.5. The number of hydrogen-bond donors (Lipinski definition) is 1. The topological polar surface area (TPSA) is 103 Å². The minimum atomic E-state index is -0.629. The van der Waals surface area contributed by atoms with Crippen molar-refractivity contribution in [2.75, 3.05) is 0 Å². The van der Waals surface area contributed by atoms with Crippen LogP contribution in [-0.4, -0.2) is 21.0 Å². The molecule has 0 aliphatic rings. The molecule has 29 heavy (non-hydrogen) atoms. The molecule has 0 amide bonds. The fourth-order valence-electron chi connectivity index (χ4n) is 2.97. The number of hydrogen-bond acceptors (Lipinski definition) is 6. The fraction of sp³-hybridized carbons (Fsp3) is 0.182. The first-order chi connectivity index (χ1) is 13.8. The largest absolute Gasteiger partial charge is 0.507 e. The molecule has 1 heterocycles. The van der Waals surface area contributed by atoms with Crippen LogP contribution in [0.2, 0.25) is 0 Å². The minimum Gasteiger partial charge on any atom is -0.507 e. The first-order valence-electron chi connectivity index (χ1n) is 9.04. The molecule has 7 nitrogen and oxygen atoms in total. The standard InChI is InChI=1S/C22H20N2O5/c1-14-11-17(12-15(2)21(14)25)4-3-16-5-10-20(23-13-16)22(26)29-19-8-6-18(7-9-19)24(27)28/h5-13,25H,3-4H2,1-2H3. The highest BCUT2D eigenvalue weighted by atomic mass is 16.6. The molecule has 7 heteroatoms. The summed E-state index contributed by atoms with van der Waals surface area (Å²) >= 11 is 0. The third-order valence-electron chi connectivity index (χ3n) is 4.55. The lowest BCUT2D eigenvalue weighted by atomic mass is 10.0. The van der Waals surface area contributed by atoms with Gasteiger partial charge in [-0.1, -0.05) is 18.2 Å². The average molecular weight is 392 g/mol. The molecule has 1 aromatic heterocycles. The van der Waals surface area contributed by atoms with E-state index in [4.69, 9.17) is 4.74 Å². The van der Waals surface area contributed by atoms with Gasteiger partial charge in [0.15, 0.2) is 0 Å². The lowest BCUT2D eigenvalue weighted by molar-refractivity contribution is -0.384. The van der Waals surface area contributed by atoms with E-state index in [1.807, 2.05) is 32.0 Å². The number of benzene rings is 2. The molecule has 0 saturated carbocycles. The van der Waals surface area contributed by atoms with Gasteiger partial charge in [0.05, 0.1) is 4.92 Å². The number of aryl methyl sites for hydroxylation is 4. The van der Waals surface area contributed by atoms with Crippen LogP contribution in [0, 0.1) is 24.0 Å². The number of nitro groups is 1. The zero-order chi connectivity index (χ0) is 21.0. The highest BCUT2D eigenvalue weighted by Gasteiger charge is 2.12. The highest BCUT2D eigenvalue weighted by Crippen LogP contribution is 2.24. The molecular weight excluding hydrogens is 372 g/mol. The number of carbonyl (C=O) groups excluding carboxylic acids is 1. The number of ether oxygens (including phenoxy) is 1. The van der Waals surface area contributed by atoms with Crippen molar-refractivity contribution in [1.82, 2.24) is 4.98 Å². The molecule has 3 aromatic rings. The van der Waals surface area contributed by atoms with Gasteiger partial charge in [0, 0.05) is 18.3 Å². The van der Waals surface area contributed by atoms with E-state index in [1.165, 1.54) is 24.3 Å². The normalized spacial score (nSPS) is 10.6. The van der Waals surface area contributed by atoms with Gasteiger partial charge >= 0.3 is 5.97 Å². The first kappa shape index (κ1) is 20.0. The molecule has 0 spiro atoms. The Hall–Kier alpha value is -3.74. The molecule has 0 aliphatic carbocycles. The van der Waals surface area contributed by atoms with Crippen LogP contribution in [0.25, 0.3) is 0 Å². The van der Waals surface area contributed by atoms with E-state index in [-0.39, 0.29) is 17.1 Å². The maximum Gasteiger partial charge on any atom is 0.362 e. The zero-order valence-electron chi connectivity index (χ0n) is 16.1. The molecule has 0 fully saturated rings. The van der Waals surface area contributed by atoms with E-state index in [9.17, 15) is 20.0 Å². The van der Waals surface area contributed by atoms with E-state index in [1.54, 1.807) is 12.3 Å². The van der Waals surface area contributed by atoms with Crippen LogP contribution >= 0.6 is 0 Å². The molecule has 0 saturated heterocycles. The first-order valence-corrected chi connectivity index (χ1v) is 9.04. The third kappa shape index (κ3) is 4.95. The van der Waals surface area contributed by atoms with E-state index in [2.05, 4.69) is 4.98 Å². The molecule has 0 atom stereocenters. The Morgan fingerprint density at radius 3 is 2.21 bits per heavy atom. The van der Waals surface area contributed by atoms with Gasteiger partial charge in [-0.2, -0.15) is 0 Å². The average Bonchev–Trinajstić information content (AvgIpc) is 2.71. The molecule has 0 unspecified atom stereocenters. The summed E-state index contributed by atoms with van der Waals surface area (Å²) in [5.41, 5.74) is 3.87. The van der Waals surface area contributed by atoms with Crippen molar-refractivity contribution < 1.29 is 19.6 Å². The van der Waals surface area contributed by atoms with Gasteiger partial charge in [-0.3, -0.25) is 10.1 Å². The van der Waals surface area contributed by atoms with Crippen molar-refractivity contribution >= 4 is 11.7 Å². The van der Waals surface area contributed by atoms with Gasteiger partial charge in [0.2, 0.25) is 0 Å². The van der Waals surface area contributed by atoms with E-state index in [0.29, 0.717) is 5.75 Å². The number of nitrogens with zero attached hydrogens (tertiary/aromatic N) is 2. The minimum absolute atomic E-state index is 0.0775. The maximum absolute atomic E-state index is 12.2. The molecule has 2 aromatic carbocycles. The maximum atomic E-state index is 12.2. The molecule has 0 aliphatic heterocycles. The molecule has 1 N–H and O–H groups in total. The van der Waals surface area contributed by atoms with Crippen LogP contribution in [0.1, 0.15) is 32.7 Å². The Bertz CT molecular complexity index is 1020. The van der Waals surface area contributed by atoms with Gasteiger partial charge in [0.1, 0.15) is 17.2 Å². The van der Waals surface area contributed by atoms with Gasteiger partial charge in [0.25, 0.3) is 5.69 Å². The van der Waals surface area contributed by atoms with E-state index in [0.717, 1.165) is 35.1 Å². The third-order valence-corrected chi connectivity index (χ3v) is 4.55. The fourth-order valence-corrected chi connectivity index (χ4v) is 2.97. The quantitative estimate of drug-likeness (QED) is 0.290. The number of esters is 1. The van der Waals surface area contributed by atoms with Gasteiger partial charge in [-0.25, -0.2) is 9.78 Å². The lowest BCUT2D eigenvalue weighted by Crippen LogP contribution is -2.10. The second-order valence-electron chi connectivity index (χ2n) is 6.77. The lowest BCUT2D eigenvalue weighted by Gasteiger charge is -2.08. The van der Waals surface area contributed by atoms with Crippen LogP contribution in [0.3, 0.4) is 0 Å². The zero-order valence-corrected chi connectivity index (χ0v) is 16.1. The van der Waals surface area contributed by atoms with Gasteiger partial charge in [-0.15, -0.1) is 0 Å². The van der Waals surface area contributed by atoms with Crippen molar-refractivity contribution in [3.05, 3.63) is 92.8 Å². The molecular formula is C22H20N2O5. The highest BCUT2D eigenvalue weighted by molar-refractivity contribution is 5.89. The van der Waals surface area contributed by atoms with Gasteiger partial charge < -0.3 is 9.84 Å². The number of nitro benzene ring substituents is 1. The Morgan fingerprint density at radius 1 is 1.03 bits per heavy atom. The van der Waals surface area contributed by atoms with Crippen molar-refractivity contribution in [2.45, 2.75) is 26.7 Å². The number of aromatic nitrogens is 1. The molecule has 0 bridgehead atoms. The monoisotopic (exact) mass is 392 g/mol. The summed E-state index contributed by atoms with van der Waals surface area (Å²) in [6.07, 6.45) is 3.16. The smallest absolute Gasteiger partial charge is 0.362 e. The Morgan fingerprint density at radius 2 is 1.66 bits per heavy atom. The number of aromatic hydroxyl groups is 1. The van der Waals surface area contributed by atoms with Crippen molar-refractivity contribution in [3.8, 4) is 11.5 Å². The number of pyridine rings is 1. The van der Waals surface area contributed by atoms with Crippen LogP contribution in [0.5, 0.6) is 11.5 Å². The van der Waals surface area contributed by atoms with Crippen molar-refractivity contribution in [3.63, 3.8) is 0 Å². The van der Waals surface area contributed by atoms with Crippen molar-refractivity contribution in [1.29, 1.82) is 0 Å². The van der Waals surface area contributed by atoms with E-state index < -0.39 is 10.9 Å². The summed E-state index contributed by atoms with van der Waals surface area (Å²) in [6.45, 7) is 3.75. The van der Waals surface area contributed by atoms with Crippen LogP contribution in [-0.2, 0) is 12.8 Å². The summed E-state index contributed by atoms with van der Waals surface area (Å²) in [7, 11) is 0. The number of carbonyl (C=O) groups is 1. The Labute approximate surface area is 167 Å². The number of phenolic OH excluding ortho intramolecular Hbond substituents is 1. The SMILES string of the molecule is Cc1cc(CCc2ccc(C(=O)Oc3ccc([N+](=O)[O-])cc3)nc2)cc(C)c1O. The second kappa shape index (κ2) is 8.52. The summed E-state index contributed by atoms with van der Waals surface area (Å²) < 4.78 is 5.19.